The number of aromatic nitrogens is 2. The van der Waals surface area contributed by atoms with E-state index in [1.54, 1.807) is 11.3 Å². The van der Waals surface area contributed by atoms with Crippen LogP contribution in [0.25, 0.3) is 10.2 Å². The molecule has 20 heavy (non-hydrogen) atoms. The molecule has 102 valence electrons. The number of fused-ring (bicyclic) bond motifs is 1. The molecule has 2 aromatic heterocycles. The number of thiophene rings is 1. The van der Waals surface area contributed by atoms with Gasteiger partial charge in [-0.15, -0.1) is 11.3 Å². The summed E-state index contributed by atoms with van der Waals surface area (Å²) in [6.45, 7) is 3.96. The van der Waals surface area contributed by atoms with Crippen molar-refractivity contribution in [2.75, 3.05) is 5.43 Å². The lowest BCUT2D eigenvalue weighted by molar-refractivity contribution is 0.862. The molecule has 0 amide bonds. The highest BCUT2D eigenvalue weighted by atomic mass is 32.1. The number of benzene rings is 1. The molecular formula is C14H13N3OS2. The van der Waals surface area contributed by atoms with E-state index in [9.17, 15) is 4.79 Å². The monoisotopic (exact) mass is 303 g/mol. The standard InChI is InChI=1S/C14H13N3OS2/c1-8-9(2)20-12-11(8)13(18)17(14(19)15-12)16-10-6-4-3-5-7-10/h3-7,16H,1-2H3,(H,15,19). The van der Waals surface area contributed by atoms with Crippen LogP contribution in [-0.4, -0.2) is 9.66 Å². The number of nitrogens with one attached hydrogen (secondary N) is 2. The summed E-state index contributed by atoms with van der Waals surface area (Å²) in [4.78, 5) is 17.7. The average molecular weight is 303 g/mol. The van der Waals surface area contributed by atoms with E-state index >= 15 is 0 Å². The van der Waals surface area contributed by atoms with E-state index in [0.717, 1.165) is 21.0 Å². The fraction of sp³-hybridized carbons (Fsp3) is 0.143. The lowest BCUT2D eigenvalue weighted by Crippen LogP contribution is -2.27. The van der Waals surface area contributed by atoms with Crippen molar-refractivity contribution < 1.29 is 0 Å². The van der Waals surface area contributed by atoms with Gasteiger partial charge in [-0.25, -0.2) is 0 Å². The van der Waals surface area contributed by atoms with Gasteiger partial charge in [0.2, 0.25) is 4.77 Å². The molecular weight excluding hydrogens is 290 g/mol. The Hall–Kier alpha value is -1.92. The number of hydrogen-bond acceptors (Lipinski definition) is 4. The van der Waals surface area contributed by atoms with Crippen LogP contribution in [0.3, 0.4) is 0 Å². The van der Waals surface area contributed by atoms with E-state index in [1.807, 2.05) is 44.2 Å². The summed E-state index contributed by atoms with van der Waals surface area (Å²) in [5, 5.41) is 0.699. The molecule has 2 N–H and O–H groups in total. The van der Waals surface area contributed by atoms with Crippen LogP contribution in [0.2, 0.25) is 0 Å². The molecule has 1 aromatic carbocycles. The molecule has 0 radical (unpaired) electrons. The van der Waals surface area contributed by atoms with E-state index in [4.69, 9.17) is 12.2 Å². The van der Waals surface area contributed by atoms with Crippen LogP contribution in [0.1, 0.15) is 10.4 Å². The molecule has 0 atom stereocenters. The van der Waals surface area contributed by atoms with Gasteiger partial charge in [0.15, 0.2) is 0 Å². The zero-order valence-corrected chi connectivity index (χ0v) is 12.7. The van der Waals surface area contributed by atoms with Crippen LogP contribution in [0.4, 0.5) is 5.69 Å². The van der Waals surface area contributed by atoms with Crippen molar-refractivity contribution in [3.63, 3.8) is 0 Å². The molecule has 3 rings (SSSR count). The Morgan fingerprint density at radius 2 is 1.95 bits per heavy atom. The van der Waals surface area contributed by atoms with Crippen molar-refractivity contribution in [3.05, 3.63) is 55.9 Å². The first-order valence-corrected chi connectivity index (χ1v) is 7.37. The lowest BCUT2D eigenvalue weighted by Gasteiger charge is -2.09. The normalized spacial score (nSPS) is 10.9. The average Bonchev–Trinajstić information content (AvgIpc) is 2.71. The van der Waals surface area contributed by atoms with Crippen LogP contribution in [0.15, 0.2) is 35.1 Å². The van der Waals surface area contributed by atoms with E-state index in [1.165, 1.54) is 4.68 Å². The minimum atomic E-state index is -0.116. The molecule has 6 heteroatoms. The van der Waals surface area contributed by atoms with Gasteiger partial charge in [0.05, 0.1) is 11.1 Å². The topological polar surface area (TPSA) is 49.8 Å². The highest BCUT2D eigenvalue weighted by molar-refractivity contribution is 7.71. The van der Waals surface area contributed by atoms with Crippen molar-refractivity contribution in [3.8, 4) is 0 Å². The van der Waals surface area contributed by atoms with Crippen molar-refractivity contribution in [2.45, 2.75) is 13.8 Å². The summed E-state index contributed by atoms with van der Waals surface area (Å²) in [5.41, 5.74) is 4.75. The number of nitrogens with zero attached hydrogens (tertiary/aromatic N) is 1. The Kier molecular flexibility index (Phi) is 3.19. The molecule has 0 bridgehead atoms. The quantitative estimate of drug-likeness (QED) is 0.711. The number of H-pyrrole nitrogens is 1. The number of anilines is 1. The van der Waals surface area contributed by atoms with E-state index in [0.29, 0.717) is 10.2 Å². The Labute approximate surface area is 124 Å². The minimum absolute atomic E-state index is 0.116. The van der Waals surface area contributed by atoms with E-state index in [-0.39, 0.29) is 5.56 Å². The van der Waals surface area contributed by atoms with Crippen LogP contribution >= 0.6 is 23.6 Å². The number of aryl methyl sites for hydroxylation is 2. The maximum atomic E-state index is 12.6. The van der Waals surface area contributed by atoms with Gasteiger partial charge in [0.25, 0.3) is 5.56 Å². The summed E-state index contributed by atoms with van der Waals surface area (Å²) >= 11 is 6.83. The van der Waals surface area contributed by atoms with Crippen LogP contribution < -0.4 is 11.0 Å². The molecule has 4 nitrogen and oxygen atoms in total. The third-order valence-electron chi connectivity index (χ3n) is 3.24. The molecule has 3 aromatic rings. The maximum Gasteiger partial charge on any atom is 0.282 e. The zero-order chi connectivity index (χ0) is 14.3. The minimum Gasteiger partial charge on any atom is -0.322 e. The molecule has 0 fully saturated rings. The number of rotatable bonds is 2. The van der Waals surface area contributed by atoms with E-state index < -0.39 is 0 Å². The Balaban J connectivity index is 2.24. The maximum absolute atomic E-state index is 12.6. The largest absolute Gasteiger partial charge is 0.322 e. The van der Waals surface area contributed by atoms with Gasteiger partial charge < -0.3 is 4.98 Å². The van der Waals surface area contributed by atoms with Gasteiger partial charge in [-0.05, 0) is 43.8 Å². The molecule has 2 heterocycles. The van der Waals surface area contributed by atoms with Crippen molar-refractivity contribution >= 4 is 39.5 Å². The number of hydrogen-bond donors (Lipinski definition) is 2. The summed E-state index contributed by atoms with van der Waals surface area (Å²) in [6.07, 6.45) is 0. The molecule has 0 aliphatic heterocycles. The van der Waals surface area contributed by atoms with Gasteiger partial charge in [0, 0.05) is 4.88 Å². The Bertz CT molecular complexity index is 890. The van der Waals surface area contributed by atoms with Crippen LogP contribution in [0.5, 0.6) is 0 Å². The second-order valence-corrected chi connectivity index (χ2v) is 6.15. The highest BCUT2D eigenvalue weighted by Crippen LogP contribution is 2.25. The van der Waals surface area contributed by atoms with Gasteiger partial charge in [-0.2, -0.15) is 4.68 Å². The third-order valence-corrected chi connectivity index (χ3v) is 4.65. The fourth-order valence-corrected chi connectivity index (χ4v) is 3.42. The van der Waals surface area contributed by atoms with Crippen molar-refractivity contribution in [1.29, 1.82) is 0 Å². The third kappa shape index (κ3) is 2.07. The molecule has 0 saturated heterocycles. The lowest BCUT2D eigenvalue weighted by atomic mass is 10.2. The van der Waals surface area contributed by atoms with Crippen molar-refractivity contribution in [1.82, 2.24) is 9.66 Å². The predicted molar refractivity (Wildman–Crippen MR) is 86.2 cm³/mol. The van der Waals surface area contributed by atoms with Gasteiger partial charge in [-0.1, -0.05) is 18.2 Å². The molecule has 0 unspecified atom stereocenters. The first-order valence-electron chi connectivity index (χ1n) is 6.15. The molecule has 0 aliphatic rings. The Morgan fingerprint density at radius 3 is 2.65 bits per heavy atom. The summed E-state index contributed by atoms with van der Waals surface area (Å²) in [7, 11) is 0. The second kappa shape index (κ2) is 4.88. The smallest absolute Gasteiger partial charge is 0.282 e. The first-order chi connectivity index (χ1) is 9.58. The number of aromatic amines is 1. The first kappa shape index (κ1) is 13.1. The predicted octanol–water partition coefficient (Wildman–Crippen LogP) is 3.61. The summed E-state index contributed by atoms with van der Waals surface area (Å²) in [6, 6.07) is 9.50. The number of para-hydroxylation sites is 1. The SMILES string of the molecule is Cc1sc2[nH]c(=S)n(Nc3ccccc3)c(=O)c2c1C. The second-order valence-electron chi connectivity index (χ2n) is 4.54. The van der Waals surface area contributed by atoms with E-state index in [2.05, 4.69) is 10.4 Å². The molecule has 0 aliphatic carbocycles. The van der Waals surface area contributed by atoms with Gasteiger partial charge in [0.1, 0.15) is 4.83 Å². The zero-order valence-electron chi connectivity index (χ0n) is 11.1. The molecule has 0 spiro atoms. The fourth-order valence-electron chi connectivity index (χ4n) is 2.07. The highest BCUT2D eigenvalue weighted by Gasteiger charge is 2.12. The van der Waals surface area contributed by atoms with Crippen LogP contribution in [-0.2, 0) is 0 Å². The molecule has 0 saturated carbocycles. The summed E-state index contributed by atoms with van der Waals surface area (Å²) in [5.74, 6) is 0. The van der Waals surface area contributed by atoms with Gasteiger partial charge >= 0.3 is 0 Å². The Morgan fingerprint density at radius 1 is 1.25 bits per heavy atom. The van der Waals surface area contributed by atoms with Gasteiger partial charge in [-0.3, -0.25) is 10.2 Å². The summed E-state index contributed by atoms with van der Waals surface area (Å²) < 4.78 is 1.75. The van der Waals surface area contributed by atoms with Crippen molar-refractivity contribution in [2.24, 2.45) is 0 Å². The van der Waals surface area contributed by atoms with Crippen LogP contribution in [0, 0.1) is 18.6 Å².